The topological polar surface area (TPSA) is 168 Å². The number of rotatable bonds is 9. The fraction of sp³-hybridized carbons (Fsp3) is 0.111. The van der Waals surface area contributed by atoms with Crippen molar-refractivity contribution in [3.05, 3.63) is 58.7 Å². The number of carboxylic acid groups (broad SMARTS) is 4. The number of hydrogen-bond donors (Lipinski definition) is 4. The zero-order valence-corrected chi connectivity index (χ0v) is 17.7. The molecular formula is C18H16O10Si2. The summed E-state index contributed by atoms with van der Waals surface area (Å²) in [4.78, 5) is 44.8. The molecule has 0 amide bonds. The molecular weight excluding hydrogens is 432 g/mol. The van der Waals surface area contributed by atoms with Crippen molar-refractivity contribution in [2.24, 2.45) is 0 Å². The van der Waals surface area contributed by atoms with Crippen LogP contribution in [0.2, 0.25) is 13.1 Å². The number of aromatic carboxylic acids is 4. The lowest BCUT2D eigenvalue weighted by molar-refractivity contribution is 0.0651. The van der Waals surface area contributed by atoms with Crippen LogP contribution < -0.4 is 8.85 Å². The minimum absolute atomic E-state index is 0.146. The quantitative estimate of drug-likeness (QED) is 0.418. The van der Waals surface area contributed by atoms with Crippen molar-refractivity contribution in [3.8, 4) is 11.5 Å². The van der Waals surface area contributed by atoms with E-state index in [1.54, 1.807) is 13.1 Å². The maximum atomic E-state index is 11.3. The molecule has 10 nitrogen and oxygen atoms in total. The van der Waals surface area contributed by atoms with Gasteiger partial charge >= 0.3 is 33.2 Å². The second-order valence-electron chi connectivity index (χ2n) is 6.45. The van der Waals surface area contributed by atoms with E-state index in [2.05, 4.69) is 0 Å². The Morgan fingerprint density at radius 2 is 1.10 bits per heavy atom. The summed E-state index contributed by atoms with van der Waals surface area (Å²) in [5.74, 6) is -5.26. The van der Waals surface area contributed by atoms with Crippen molar-refractivity contribution in [2.45, 2.75) is 13.1 Å². The molecule has 0 atom stereocenters. The molecule has 12 heteroatoms. The van der Waals surface area contributed by atoms with Gasteiger partial charge in [-0.3, -0.25) is 0 Å². The van der Waals surface area contributed by atoms with Gasteiger partial charge in [-0.25, -0.2) is 19.2 Å². The largest absolute Gasteiger partial charge is 0.543 e. The molecule has 0 heterocycles. The molecule has 4 N–H and O–H groups in total. The molecule has 0 saturated carbocycles. The van der Waals surface area contributed by atoms with Gasteiger partial charge in [0, 0.05) is 0 Å². The molecule has 2 aromatic carbocycles. The molecule has 2 radical (unpaired) electrons. The van der Waals surface area contributed by atoms with Gasteiger partial charge in [0.25, 0.3) is 7.83 Å². The first-order chi connectivity index (χ1) is 13.9. The lowest BCUT2D eigenvalue weighted by Crippen LogP contribution is -2.45. The third-order valence-corrected chi connectivity index (χ3v) is 7.35. The maximum Gasteiger partial charge on any atom is 0.340 e. The van der Waals surface area contributed by atoms with E-state index in [1.165, 1.54) is 12.1 Å². The van der Waals surface area contributed by atoms with Crippen LogP contribution in [0.4, 0.5) is 0 Å². The summed E-state index contributed by atoms with van der Waals surface area (Å²) >= 11 is 0. The maximum absolute atomic E-state index is 11.3. The first kappa shape index (κ1) is 22.6. The van der Waals surface area contributed by atoms with E-state index < -0.39 is 42.8 Å². The minimum atomic E-state index is -2.61. The molecule has 0 saturated heterocycles. The van der Waals surface area contributed by atoms with Crippen LogP contribution in [0.25, 0.3) is 0 Å². The summed E-state index contributed by atoms with van der Waals surface area (Å²) in [6.45, 7) is 3.53. The first-order valence-corrected chi connectivity index (χ1v) is 13.1. The van der Waals surface area contributed by atoms with Gasteiger partial charge in [0.15, 0.2) is 0 Å². The second-order valence-corrected chi connectivity index (χ2v) is 14.3. The average molecular weight is 448 g/mol. The molecule has 2 rings (SSSR count). The summed E-state index contributed by atoms with van der Waals surface area (Å²) < 4.78 is 11.5. The fourth-order valence-electron chi connectivity index (χ4n) is 2.40. The van der Waals surface area contributed by atoms with Crippen molar-refractivity contribution in [2.75, 3.05) is 0 Å². The Labute approximate surface area is 173 Å². The SMILES string of the molecule is C[Si](C)(Oc1ccc(C(=O)O)c(C(=O)O)c1)[Si]Oc1ccc(C(=O)O)c(C(=O)O)c1. The highest BCUT2D eigenvalue weighted by atomic mass is 29.2. The third kappa shape index (κ3) is 5.45. The number of benzene rings is 2. The molecule has 0 aliphatic heterocycles. The summed E-state index contributed by atoms with van der Waals surface area (Å²) in [5.41, 5.74) is -1.57. The van der Waals surface area contributed by atoms with Crippen molar-refractivity contribution in [3.63, 3.8) is 0 Å². The summed E-state index contributed by atoms with van der Waals surface area (Å²) in [6, 6.07) is 7.17. The van der Waals surface area contributed by atoms with Crippen LogP contribution in [0.15, 0.2) is 36.4 Å². The second kappa shape index (κ2) is 8.79. The standard InChI is InChI=1S/C18H16O10Si2/c1-30(2,28-10-4-6-12(16(21)22)14(8-10)18(25)26)29-27-9-3-5-11(15(19)20)13(7-9)17(23)24/h3-8H,1-2H3,(H,19,20)(H,21,22)(H,23,24)(H,25,26). The molecule has 0 aromatic heterocycles. The Morgan fingerprint density at radius 3 is 1.53 bits per heavy atom. The Morgan fingerprint density at radius 1 is 0.700 bits per heavy atom. The van der Waals surface area contributed by atoms with Gasteiger partial charge in [-0.1, -0.05) is 0 Å². The van der Waals surface area contributed by atoms with Gasteiger partial charge in [-0.2, -0.15) is 0 Å². The predicted molar refractivity (Wildman–Crippen MR) is 105 cm³/mol. The van der Waals surface area contributed by atoms with Crippen molar-refractivity contribution in [1.82, 2.24) is 0 Å². The Bertz CT molecular complexity index is 1030. The average Bonchev–Trinajstić information content (AvgIpc) is 2.65. The summed E-state index contributed by atoms with van der Waals surface area (Å²) in [7, 11) is -2.87. The molecule has 2 aromatic rings. The smallest absolute Gasteiger partial charge is 0.340 e. The molecule has 0 fully saturated rings. The van der Waals surface area contributed by atoms with Gasteiger partial charge in [-0.05, 0) is 49.5 Å². The van der Waals surface area contributed by atoms with Gasteiger partial charge in [-0.15, -0.1) is 0 Å². The van der Waals surface area contributed by atoms with Crippen molar-refractivity contribution < 1.29 is 48.5 Å². The van der Waals surface area contributed by atoms with E-state index in [0.29, 0.717) is 0 Å². The van der Waals surface area contributed by atoms with Gasteiger partial charge in [0.05, 0.1) is 22.3 Å². The predicted octanol–water partition coefficient (Wildman–Crippen LogP) is 2.26. The Kier molecular flexibility index (Phi) is 6.64. The molecule has 0 spiro atoms. The van der Waals surface area contributed by atoms with Crippen molar-refractivity contribution >= 4 is 41.0 Å². The number of hydrogen-bond acceptors (Lipinski definition) is 6. The zero-order chi connectivity index (χ0) is 22.6. The van der Waals surface area contributed by atoms with E-state index in [4.69, 9.17) is 19.1 Å². The van der Waals surface area contributed by atoms with E-state index in [1.807, 2.05) is 0 Å². The molecule has 0 bridgehead atoms. The first-order valence-electron chi connectivity index (χ1n) is 8.25. The van der Waals surface area contributed by atoms with Crippen LogP contribution in [0.1, 0.15) is 41.4 Å². The Balaban J connectivity index is 2.18. The molecule has 156 valence electrons. The van der Waals surface area contributed by atoms with E-state index in [-0.39, 0.29) is 31.9 Å². The van der Waals surface area contributed by atoms with Gasteiger partial charge in [0.2, 0.25) is 0 Å². The number of carbonyl (C=O) groups is 4. The fourth-order valence-corrected chi connectivity index (χ4v) is 5.22. The number of carboxylic acids is 4. The lowest BCUT2D eigenvalue weighted by Gasteiger charge is -2.23. The highest BCUT2D eigenvalue weighted by molar-refractivity contribution is 7.18. The summed E-state index contributed by atoms with van der Waals surface area (Å²) in [5, 5.41) is 36.5. The van der Waals surface area contributed by atoms with E-state index in [0.717, 1.165) is 24.3 Å². The van der Waals surface area contributed by atoms with E-state index >= 15 is 0 Å². The zero-order valence-electron chi connectivity index (χ0n) is 15.7. The molecule has 0 aliphatic carbocycles. The van der Waals surface area contributed by atoms with Crippen LogP contribution in [0, 0.1) is 0 Å². The van der Waals surface area contributed by atoms with Gasteiger partial charge < -0.3 is 29.3 Å². The van der Waals surface area contributed by atoms with Crippen LogP contribution in [-0.4, -0.2) is 61.4 Å². The van der Waals surface area contributed by atoms with Crippen LogP contribution in [0.3, 0.4) is 0 Å². The third-order valence-electron chi connectivity index (χ3n) is 3.69. The lowest BCUT2D eigenvalue weighted by atomic mass is 10.1. The summed E-state index contributed by atoms with van der Waals surface area (Å²) in [6.07, 6.45) is 0. The molecule has 0 aliphatic rings. The van der Waals surface area contributed by atoms with Gasteiger partial charge in [0.1, 0.15) is 11.5 Å². The minimum Gasteiger partial charge on any atom is -0.543 e. The van der Waals surface area contributed by atoms with Crippen LogP contribution in [-0.2, 0) is 0 Å². The van der Waals surface area contributed by atoms with E-state index in [9.17, 15) is 29.4 Å². The highest BCUT2D eigenvalue weighted by Crippen LogP contribution is 2.23. The normalized spacial score (nSPS) is 10.9. The monoisotopic (exact) mass is 448 g/mol. The van der Waals surface area contributed by atoms with Crippen molar-refractivity contribution in [1.29, 1.82) is 0 Å². The molecule has 0 unspecified atom stereocenters. The highest BCUT2D eigenvalue weighted by Gasteiger charge is 2.30. The molecule has 30 heavy (non-hydrogen) atoms. The van der Waals surface area contributed by atoms with Crippen LogP contribution >= 0.6 is 0 Å². The Hall–Kier alpha value is -3.65. The van der Waals surface area contributed by atoms with Crippen LogP contribution in [0.5, 0.6) is 11.5 Å².